The van der Waals surface area contributed by atoms with Gasteiger partial charge in [-0.2, -0.15) is 9.36 Å². The van der Waals surface area contributed by atoms with E-state index in [1.54, 1.807) is 6.92 Å². The van der Waals surface area contributed by atoms with E-state index in [1.807, 2.05) is 47.6 Å². The van der Waals surface area contributed by atoms with Gasteiger partial charge in [0, 0.05) is 33.8 Å². The molecule has 3 N–H and O–H groups in total. The molecule has 1 fully saturated rings. The third-order valence-electron chi connectivity index (χ3n) is 4.99. The number of nitrogens with one attached hydrogen (secondary N) is 1. The molecule has 3 unspecified atom stereocenters. The molecule has 2 aliphatic rings. The number of thioether (sulfide) groups is 2. The number of aliphatic carboxylic acids is 1. The van der Waals surface area contributed by atoms with Crippen molar-refractivity contribution in [3.8, 4) is 0 Å². The van der Waals surface area contributed by atoms with Gasteiger partial charge in [0.1, 0.15) is 25.1 Å². The number of fused-ring (bicyclic) bond motifs is 1. The lowest BCUT2D eigenvalue weighted by atomic mass is 10.0. The summed E-state index contributed by atoms with van der Waals surface area (Å²) in [5, 5.41) is 19.1. The summed E-state index contributed by atoms with van der Waals surface area (Å²) in [4.78, 5) is 48.5. The van der Waals surface area contributed by atoms with Crippen LogP contribution < -0.4 is 20.7 Å². The van der Waals surface area contributed by atoms with Crippen LogP contribution in [0.5, 0.6) is 0 Å². The van der Waals surface area contributed by atoms with E-state index in [0.29, 0.717) is 0 Å². The zero-order chi connectivity index (χ0) is 25.8. The van der Waals surface area contributed by atoms with Crippen molar-refractivity contribution in [3.05, 3.63) is 53.6 Å². The van der Waals surface area contributed by atoms with Gasteiger partial charge in [-0.3, -0.25) is 14.5 Å². The summed E-state index contributed by atoms with van der Waals surface area (Å²) < 4.78 is 5.89. The van der Waals surface area contributed by atoms with Crippen molar-refractivity contribution >= 4 is 63.7 Å². The number of carbonyl (C=O) groups excluding carboxylic acids is 3. The lowest BCUT2D eigenvalue weighted by Crippen LogP contribution is -2.71. The number of pyridine rings is 1. The first-order valence-corrected chi connectivity index (χ1v) is 13.2. The number of rotatable bonds is 9. The Morgan fingerprint density at radius 3 is 2.81 bits per heavy atom. The molecule has 3 atom stereocenters. The SMILES string of the molecule is CCO/N=C(\C(=O)NC1C(=O)N2C(C(=O)[O-])=CC(/C=C/Sc3cc[n+](C)cc3)SC12)c1nsc(N)n1. The highest BCUT2D eigenvalue weighted by Gasteiger charge is 2.53. The summed E-state index contributed by atoms with van der Waals surface area (Å²) in [5.41, 5.74) is 5.13. The minimum absolute atomic E-state index is 0.0361. The fourth-order valence-electron chi connectivity index (χ4n) is 3.31. The number of β-lactam (4-membered cyclic amide) rings is 1. The van der Waals surface area contributed by atoms with E-state index in [4.69, 9.17) is 10.6 Å². The topological polar surface area (TPSA) is 167 Å². The number of carbonyl (C=O) groups is 3. The first kappa shape index (κ1) is 25.7. The molecular formula is C21H21N7O5S3. The van der Waals surface area contributed by atoms with E-state index in [9.17, 15) is 19.5 Å². The Kier molecular flexibility index (Phi) is 7.91. The number of amides is 2. The maximum atomic E-state index is 13.0. The van der Waals surface area contributed by atoms with Gasteiger partial charge >= 0.3 is 0 Å². The van der Waals surface area contributed by atoms with Gasteiger partial charge in [-0.05, 0) is 18.4 Å². The number of nitrogen functional groups attached to an aromatic ring is 1. The minimum Gasteiger partial charge on any atom is -0.543 e. The smallest absolute Gasteiger partial charge is 0.278 e. The molecule has 2 amide bonds. The number of nitrogens with two attached hydrogens (primary N) is 1. The van der Waals surface area contributed by atoms with Crippen LogP contribution in [0.1, 0.15) is 12.7 Å². The molecule has 0 bridgehead atoms. The first-order valence-electron chi connectivity index (χ1n) is 10.6. The molecule has 15 heteroatoms. The Bertz CT molecular complexity index is 1260. The van der Waals surface area contributed by atoms with E-state index in [-0.39, 0.29) is 34.2 Å². The highest BCUT2D eigenvalue weighted by molar-refractivity contribution is 8.02. The predicted molar refractivity (Wildman–Crippen MR) is 132 cm³/mol. The van der Waals surface area contributed by atoms with Crippen molar-refractivity contribution < 1.29 is 28.9 Å². The summed E-state index contributed by atoms with van der Waals surface area (Å²) in [7, 11) is 1.92. The minimum atomic E-state index is -1.47. The number of nitrogens with zero attached hydrogens (tertiary/aromatic N) is 5. The fourth-order valence-corrected chi connectivity index (χ4v) is 5.91. The monoisotopic (exact) mass is 547 g/mol. The molecule has 4 rings (SSSR count). The van der Waals surface area contributed by atoms with E-state index in [0.717, 1.165) is 21.3 Å². The number of hydrogen-bond donors (Lipinski definition) is 2. The Balaban J connectivity index is 1.49. The van der Waals surface area contributed by atoms with E-state index in [2.05, 4.69) is 19.8 Å². The van der Waals surface area contributed by atoms with E-state index in [1.165, 1.54) is 29.6 Å². The Morgan fingerprint density at radius 2 is 2.17 bits per heavy atom. The number of aryl methyl sites for hydroxylation is 1. The van der Waals surface area contributed by atoms with Crippen LogP contribution in [-0.2, 0) is 26.3 Å². The van der Waals surface area contributed by atoms with Crippen molar-refractivity contribution in [2.24, 2.45) is 12.2 Å². The molecule has 1 saturated heterocycles. The maximum absolute atomic E-state index is 13.0. The Morgan fingerprint density at radius 1 is 1.42 bits per heavy atom. The summed E-state index contributed by atoms with van der Waals surface area (Å²) in [5.74, 6) is -2.83. The van der Waals surface area contributed by atoms with Gasteiger partial charge in [0.05, 0.1) is 11.7 Å². The Hall–Kier alpha value is -3.43. The molecule has 188 valence electrons. The van der Waals surface area contributed by atoms with Crippen molar-refractivity contribution in [1.29, 1.82) is 0 Å². The van der Waals surface area contributed by atoms with Crippen molar-refractivity contribution in [3.63, 3.8) is 0 Å². The van der Waals surface area contributed by atoms with Crippen LogP contribution in [0.4, 0.5) is 5.13 Å². The molecule has 0 aliphatic carbocycles. The quantitative estimate of drug-likeness (QED) is 0.136. The highest BCUT2D eigenvalue weighted by atomic mass is 32.2. The third-order valence-corrected chi connectivity index (χ3v) is 7.74. The normalized spacial score (nSPS) is 21.6. The lowest BCUT2D eigenvalue weighted by Gasteiger charge is -2.50. The van der Waals surface area contributed by atoms with Gasteiger partial charge in [0.2, 0.25) is 11.5 Å². The van der Waals surface area contributed by atoms with Crippen LogP contribution >= 0.6 is 35.1 Å². The molecule has 2 aromatic rings. The summed E-state index contributed by atoms with van der Waals surface area (Å²) in [6.07, 6.45) is 7.12. The van der Waals surface area contributed by atoms with Crippen LogP contribution in [0, 0.1) is 0 Å². The van der Waals surface area contributed by atoms with Gasteiger partial charge in [-0.25, -0.2) is 4.57 Å². The van der Waals surface area contributed by atoms with Gasteiger partial charge in [-0.1, -0.05) is 23.0 Å². The van der Waals surface area contributed by atoms with Gasteiger partial charge < -0.3 is 25.8 Å². The maximum Gasteiger partial charge on any atom is 0.278 e. The molecule has 0 radical (unpaired) electrons. The zero-order valence-corrected chi connectivity index (χ0v) is 21.5. The average Bonchev–Trinajstić information content (AvgIpc) is 3.29. The molecule has 0 spiro atoms. The standard InChI is InChI=1S/C21H21N7O5S3/c1-3-33-25-14(16-24-21(22)36-26-16)17(29)23-15-18(30)28-13(20(31)32)10-12(35-19(15)28)6-9-34-11-4-7-27(2)8-5-11/h4-10,12,15,19H,3H2,1-2H3,(H3-,22,23,24,26,29,31,32)/b9-6+,25-14-. The Labute approximate surface area is 218 Å². The van der Waals surface area contributed by atoms with Crippen LogP contribution in [0.15, 0.2) is 57.8 Å². The number of aromatic nitrogens is 3. The average molecular weight is 548 g/mol. The highest BCUT2D eigenvalue weighted by Crippen LogP contribution is 2.41. The van der Waals surface area contributed by atoms with Crippen LogP contribution in [-0.4, -0.2) is 61.0 Å². The van der Waals surface area contributed by atoms with Gasteiger partial charge in [-0.15, -0.1) is 11.8 Å². The number of oxime groups is 1. The van der Waals surface area contributed by atoms with Crippen LogP contribution in [0.3, 0.4) is 0 Å². The second kappa shape index (κ2) is 11.1. The molecule has 2 aromatic heterocycles. The van der Waals surface area contributed by atoms with Gasteiger partial charge in [0.25, 0.3) is 11.8 Å². The van der Waals surface area contributed by atoms with Gasteiger partial charge in [0.15, 0.2) is 17.5 Å². The van der Waals surface area contributed by atoms with E-state index >= 15 is 0 Å². The number of carboxylic acid groups (broad SMARTS) is 1. The number of hydrogen-bond acceptors (Lipinski definition) is 12. The van der Waals surface area contributed by atoms with Crippen molar-refractivity contribution in [2.75, 3.05) is 12.3 Å². The van der Waals surface area contributed by atoms with Crippen LogP contribution in [0.2, 0.25) is 0 Å². The third kappa shape index (κ3) is 5.52. The van der Waals surface area contributed by atoms with Crippen LogP contribution in [0.25, 0.3) is 0 Å². The zero-order valence-electron chi connectivity index (χ0n) is 19.1. The summed E-state index contributed by atoms with van der Waals surface area (Å²) >= 11 is 3.68. The fraction of sp³-hybridized carbons (Fsp3) is 0.286. The largest absolute Gasteiger partial charge is 0.543 e. The molecule has 36 heavy (non-hydrogen) atoms. The number of anilines is 1. The summed E-state index contributed by atoms with van der Waals surface area (Å²) in [6, 6.07) is 2.91. The number of carboxylic acids is 1. The van der Waals surface area contributed by atoms with Crippen molar-refractivity contribution in [2.45, 2.75) is 28.5 Å². The van der Waals surface area contributed by atoms with Crippen molar-refractivity contribution in [1.82, 2.24) is 19.6 Å². The lowest BCUT2D eigenvalue weighted by molar-refractivity contribution is -0.671. The second-order valence-electron chi connectivity index (χ2n) is 7.45. The van der Waals surface area contributed by atoms with E-state index < -0.39 is 29.2 Å². The molecule has 0 saturated carbocycles. The molecule has 4 heterocycles. The summed E-state index contributed by atoms with van der Waals surface area (Å²) in [6.45, 7) is 1.88. The first-order chi connectivity index (χ1) is 17.3. The second-order valence-corrected chi connectivity index (χ2v) is 10.5. The molecule has 0 aromatic carbocycles. The molecule has 12 nitrogen and oxygen atoms in total. The molecular weight excluding hydrogens is 526 g/mol. The predicted octanol–water partition coefficient (Wildman–Crippen LogP) is -0.606. The molecule has 2 aliphatic heterocycles.